The fraction of sp³-hybridized carbons (Fsp3) is 0.500. The standard InChI is InChI=1S/C28H40N2O3/c1-8-21(4)29-27(32)25(9-2)30(18-22-13-11-10-12-20(22)3)26(31)19-33-24-16-14-23(15-17-24)28(5,6)7/h10-17,21,25H,8-9,18-19H2,1-7H3,(H,29,32)/t21-,25+/m0/s1. The van der Waals surface area contributed by atoms with E-state index in [9.17, 15) is 9.59 Å². The largest absolute Gasteiger partial charge is 0.484 e. The first kappa shape index (κ1) is 26.4. The Morgan fingerprint density at radius 1 is 1.00 bits per heavy atom. The van der Waals surface area contributed by atoms with Crippen LogP contribution in [0.5, 0.6) is 5.75 Å². The first-order valence-electron chi connectivity index (χ1n) is 11.9. The number of benzene rings is 2. The predicted molar refractivity (Wildman–Crippen MR) is 134 cm³/mol. The molecule has 0 spiro atoms. The van der Waals surface area contributed by atoms with E-state index in [-0.39, 0.29) is 29.9 Å². The van der Waals surface area contributed by atoms with Crippen LogP contribution in [0.2, 0.25) is 0 Å². The summed E-state index contributed by atoms with van der Waals surface area (Å²) in [7, 11) is 0. The molecule has 0 unspecified atom stereocenters. The van der Waals surface area contributed by atoms with Crippen molar-refractivity contribution >= 4 is 11.8 Å². The highest BCUT2D eigenvalue weighted by Gasteiger charge is 2.29. The number of nitrogens with one attached hydrogen (secondary N) is 1. The molecule has 2 atom stereocenters. The summed E-state index contributed by atoms with van der Waals surface area (Å²) in [6.07, 6.45) is 1.36. The maximum atomic E-state index is 13.3. The number of rotatable bonds is 10. The molecule has 2 amide bonds. The third-order valence-corrected chi connectivity index (χ3v) is 6.07. The maximum Gasteiger partial charge on any atom is 0.261 e. The van der Waals surface area contributed by atoms with Crippen molar-refractivity contribution in [3.8, 4) is 5.75 Å². The number of hydrogen-bond acceptors (Lipinski definition) is 3. The Hall–Kier alpha value is -2.82. The van der Waals surface area contributed by atoms with Crippen molar-refractivity contribution in [1.29, 1.82) is 0 Å². The Bertz CT molecular complexity index is 915. The first-order chi connectivity index (χ1) is 15.6. The highest BCUT2D eigenvalue weighted by atomic mass is 16.5. The fourth-order valence-electron chi connectivity index (χ4n) is 3.61. The first-order valence-corrected chi connectivity index (χ1v) is 11.9. The van der Waals surface area contributed by atoms with Crippen LogP contribution >= 0.6 is 0 Å². The summed E-state index contributed by atoms with van der Waals surface area (Å²) in [4.78, 5) is 28.0. The fourth-order valence-corrected chi connectivity index (χ4v) is 3.61. The lowest BCUT2D eigenvalue weighted by molar-refractivity contribution is -0.143. The summed E-state index contributed by atoms with van der Waals surface area (Å²) in [6.45, 7) is 14.7. The Morgan fingerprint density at radius 2 is 1.64 bits per heavy atom. The van der Waals surface area contributed by atoms with Gasteiger partial charge in [-0.25, -0.2) is 0 Å². The van der Waals surface area contributed by atoms with E-state index >= 15 is 0 Å². The molecular formula is C28H40N2O3. The van der Waals surface area contributed by atoms with E-state index in [0.29, 0.717) is 18.7 Å². The van der Waals surface area contributed by atoms with Crippen LogP contribution in [0, 0.1) is 6.92 Å². The van der Waals surface area contributed by atoms with E-state index in [0.717, 1.165) is 17.5 Å². The molecule has 0 heterocycles. The molecular weight excluding hydrogens is 412 g/mol. The lowest BCUT2D eigenvalue weighted by Crippen LogP contribution is -2.51. The second-order valence-electron chi connectivity index (χ2n) is 9.75. The van der Waals surface area contributed by atoms with Crippen molar-refractivity contribution in [2.45, 2.75) is 85.4 Å². The molecule has 0 aliphatic carbocycles. The minimum atomic E-state index is -0.557. The van der Waals surface area contributed by atoms with Crippen LogP contribution < -0.4 is 10.1 Å². The van der Waals surface area contributed by atoms with Crippen molar-refractivity contribution < 1.29 is 14.3 Å². The number of ether oxygens (including phenoxy) is 1. The summed E-state index contributed by atoms with van der Waals surface area (Å²) in [5.41, 5.74) is 3.37. The van der Waals surface area contributed by atoms with Crippen LogP contribution in [0.15, 0.2) is 48.5 Å². The average molecular weight is 453 g/mol. The third kappa shape index (κ3) is 7.62. The molecule has 0 bridgehead atoms. The topological polar surface area (TPSA) is 58.6 Å². The highest BCUT2D eigenvalue weighted by molar-refractivity contribution is 5.88. The number of hydrogen-bond donors (Lipinski definition) is 1. The predicted octanol–water partition coefficient (Wildman–Crippen LogP) is 5.39. The molecule has 0 aromatic heterocycles. The monoisotopic (exact) mass is 452 g/mol. The van der Waals surface area contributed by atoms with Crippen LogP contribution in [0.1, 0.15) is 71.1 Å². The summed E-state index contributed by atoms with van der Waals surface area (Å²) < 4.78 is 5.84. The van der Waals surface area contributed by atoms with Crippen molar-refractivity contribution in [3.05, 3.63) is 65.2 Å². The quantitative estimate of drug-likeness (QED) is 0.526. The van der Waals surface area contributed by atoms with E-state index in [1.807, 2.05) is 76.2 Å². The molecule has 2 aromatic carbocycles. The van der Waals surface area contributed by atoms with Gasteiger partial charge < -0.3 is 15.0 Å². The molecule has 0 aliphatic rings. The molecule has 180 valence electrons. The van der Waals surface area contributed by atoms with Gasteiger partial charge in [-0.1, -0.05) is 71.0 Å². The zero-order chi connectivity index (χ0) is 24.6. The molecule has 5 heteroatoms. The number of aryl methyl sites for hydroxylation is 1. The zero-order valence-corrected chi connectivity index (χ0v) is 21.3. The molecule has 5 nitrogen and oxygen atoms in total. The lowest BCUT2D eigenvalue weighted by Gasteiger charge is -2.31. The van der Waals surface area contributed by atoms with Gasteiger partial charge >= 0.3 is 0 Å². The van der Waals surface area contributed by atoms with Crippen LogP contribution in [-0.2, 0) is 21.5 Å². The number of amides is 2. The van der Waals surface area contributed by atoms with Crippen molar-refractivity contribution in [2.24, 2.45) is 0 Å². The maximum absolute atomic E-state index is 13.3. The van der Waals surface area contributed by atoms with Gasteiger partial charge in [0.25, 0.3) is 5.91 Å². The molecule has 0 saturated heterocycles. The van der Waals surface area contributed by atoms with Gasteiger partial charge in [-0.05, 0) is 60.9 Å². The van der Waals surface area contributed by atoms with E-state index in [1.54, 1.807) is 4.90 Å². The molecule has 0 aliphatic heterocycles. The van der Waals surface area contributed by atoms with Crippen molar-refractivity contribution in [2.75, 3.05) is 6.61 Å². The van der Waals surface area contributed by atoms with E-state index in [1.165, 1.54) is 5.56 Å². The van der Waals surface area contributed by atoms with Crippen molar-refractivity contribution in [1.82, 2.24) is 10.2 Å². The number of carbonyl (C=O) groups excluding carboxylic acids is 2. The van der Waals surface area contributed by atoms with E-state index in [4.69, 9.17) is 4.74 Å². The van der Waals surface area contributed by atoms with Crippen LogP contribution in [-0.4, -0.2) is 35.4 Å². The van der Waals surface area contributed by atoms with Gasteiger partial charge in [-0.15, -0.1) is 0 Å². The van der Waals surface area contributed by atoms with Gasteiger partial charge in [-0.2, -0.15) is 0 Å². The molecule has 0 saturated carbocycles. The van der Waals surface area contributed by atoms with Gasteiger partial charge in [0, 0.05) is 12.6 Å². The third-order valence-electron chi connectivity index (χ3n) is 6.07. The van der Waals surface area contributed by atoms with Gasteiger partial charge in [0.15, 0.2) is 6.61 Å². The summed E-state index contributed by atoms with van der Waals surface area (Å²) in [5.74, 6) is 0.317. The van der Waals surface area contributed by atoms with Crippen LogP contribution in [0.4, 0.5) is 0 Å². The molecule has 2 aromatic rings. The van der Waals surface area contributed by atoms with Crippen LogP contribution in [0.25, 0.3) is 0 Å². The second-order valence-corrected chi connectivity index (χ2v) is 9.75. The van der Waals surface area contributed by atoms with Crippen LogP contribution in [0.3, 0.4) is 0 Å². The van der Waals surface area contributed by atoms with E-state index < -0.39 is 6.04 Å². The number of nitrogens with zero attached hydrogens (tertiary/aromatic N) is 1. The highest BCUT2D eigenvalue weighted by Crippen LogP contribution is 2.24. The van der Waals surface area contributed by atoms with Gasteiger partial charge in [0.1, 0.15) is 11.8 Å². The molecule has 0 fully saturated rings. The van der Waals surface area contributed by atoms with Gasteiger partial charge in [-0.3, -0.25) is 9.59 Å². The Balaban J connectivity index is 2.21. The molecule has 0 radical (unpaired) electrons. The van der Waals surface area contributed by atoms with Crippen molar-refractivity contribution in [3.63, 3.8) is 0 Å². The van der Waals surface area contributed by atoms with Gasteiger partial charge in [0.2, 0.25) is 5.91 Å². The lowest BCUT2D eigenvalue weighted by atomic mass is 9.87. The minimum Gasteiger partial charge on any atom is -0.484 e. The SMILES string of the molecule is CC[C@H](C(=O)N[C@@H](C)CC)N(Cc1ccccc1C)C(=O)COc1ccc(C(C)(C)C)cc1. The summed E-state index contributed by atoms with van der Waals surface area (Å²) in [6, 6.07) is 15.3. The second kappa shape index (κ2) is 11.9. The Labute approximate surface area is 199 Å². The smallest absolute Gasteiger partial charge is 0.261 e. The Morgan fingerprint density at radius 3 is 2.18 bits per heavy atom. The van der Waals surface area contributed by atoms with E-state index in [2.05, 4.69) is 26.1 Å². The number of carbonyl (C=O) groups is 2. The minimum absolute atomic E-state index is 0.0516. The summed E-state index contributed by atoms with van der Waals surface area (Å²) >= 11 is 0. The normalized spacial score (nSPS) is 13.2. The molecule has 33 heavy (non-hydrogen) atoms. The average Bonchev–Trinajstić information content (AvgIpc) is 2.78. The zero-order valence-electron chi connectivity index (χ0n) is 21.3. The molecule has 1 N–H and O–H groups in total. The summed E-state index contributed by atoms with van der Waals surface area (Å²) in [5, 5.41) is 3.04. The Kier molecular flexibility index (Phi) is 9.51. The molecule has 2 rings (SSSR count). The van der Waals surface area contributed by atoms with Gasteiger partial charge in [0.05, 0.1) is 0 Å².